The summed E-state index contributed by atoms with van der Waals surface area (Å²) in [4.78, 5) is 12.0. The van der Waals surface area contributed by atoms with Crippen LogP contribution < -0.4 is 5.14 Å². The van der Waals surface area contributed by atoms with Gasteiger partial charge in [0.2, 0.25) is 0 Å². The van der Waals surface area contributed by atoms with E-state index < -0.39 is 30.0 Å². The van der Waals surface area contributed by atoms with Crippen LogP contribution in [0.15, 0.2) is 17.0 Å². The number of carbonyl (C=O) groups excluding carboxylic acids is 1. The summed E-state index contributed by atoms with van der Waals surface area (Å²) >= 11 is 0. The molecule has 0 aromatic heterocycles. The van der Waals surface area contributed by atoms with Gasteiger partial charge < -0.3 is 4.74 Å². The van der Waals surface area contributed by atoms with Gasteiger partial charge in [-0.2, -0.15) is 12.7 Å². The summed E-state index contributed by atoms with van der Waals surface area (Å²) in [6.45, 7) is 13.2. The molecule has 6 nitrogen and oxygen atoms in total. The number of nitrogens with two attached hydrogens (primary N) is 1. The third-order valence-electron chi connectivity index (χ3n) is 2.69. The third kappa shape index (κ3) is 7.79. The molecule has 0 aromatic rings. The maximum atomic E-state index is 12.0. The highest BCUT2D eigenvalue weighted by atomic mass is 32.2. The molecule has 0 aliphatic carbocycles. The van der Waals surface area contributed by atoms with E-state index in [4.69, 9.17) is 9.88 Å². The first-order valence-corrected chi connectivity index (χ1v) is 12.1. The van der Waals surface area contributed by atoms with Crippen molar-refractivity contribution in [1.82, 2.24) is 4.31 Å². The zero-order valence-corrected chi connectivity index (χ0v) is 16.4. The summed E-state index contributed by atoms with van der Waals surface area (Å²) in [7, 11) is -5.82. The molecular weight excluding hydrogens is 320 g/mol. The van der Waals surface area contributed by atoms with Crippen molar-refractivity contribution in [3.8, 4) is 0 Å². The molecule has 0 fully saturated rings. The summed E-state index contributed by atoms with van der Waals surface area (Å²) in [5, 5.41) is 6.17. The molecule has 0 radical (unpaired) electrons. The van der Waals surface area contributed by atoms with Crippen LogP contribution >= 0.6 is 0 Å². The minimum absolute atomic E-state index is 0.0474. The Hall–Kier alpha value is -1.08. The number of nitrogens with zero attached hydrogens (tertiary/aromatic N) is 1. The number of hydrogen-bond donors (Lipinski definition) is 1. The Morgan fingerprint density at radius 1 is 1.32 bits per heavy atom. The van der Waals surface area contributed by atoms with Crippen molar-refractivity contribution in [3.05, 3.63) is 17.0 Å². The lowest BCUT2D eigenvalue weighted by Crippen LogP contribution is -2.45. The number of amides is 1. The standard InChI is InChI=1S/C14H28N2O4SSi/c1-8-9-12(22(5,6)7)10-11-16(21(15,18)19)13(17)20-14(2,3)4/h8H,10-11H2,1-7H3,(H2,15,18,19). The number of hydrogen-bond acceptors (Lipinski definition) is 4. The lowest BCUT2D eigenvalue weighted by atomic mass is 10.2. The van der Waals surface area contributed by atoms with Crippen LogP contribution in [0, 0.1) is 0 Å². The smallest absolute Gasteiger partial charge is 0.425 e. The van der Waals surface area contributed by atoms with Crippen molar-refractivity contribution < 1.29 is 17.9 Å². The van der Waals surface area contributed by atoms with E-state index in [0.29, 0.717) is 10.7 Å². The van der Waals surface area contributed by atoms with Crippen LogP contribution in [0.2, 0.25) is 19.6 Å². The monoisotopic (exact) mass is 348 g/mol. The van der Waals surface area contributed by atoms with Gasteiger partial charge in [0.1, 0.15) is 5.60 Å². The van der Waals surface area contributed by atoms with Crippen LogP contribution in [-0.4, -0.2) is 39.0 Å². The minimum atomic E-state index is -4.17. The fraction of sp³-hybridized carbons (Fsp3) is 0.714. The molecule has 22 heavy (non-hydrogen) atoms. The quantitative estimate of drug-likeness (QED) is 0.611. The van der Waals surface area contributed by atoms with Crippen molar-refractivity contribution >= 4 is 24.4 Å². The highest BCUT2D eigenvalue weighted by Gasteiger charge is 2.30. The van der Waals surface area contributed by atoms with Gasteiger partial charge in [-0.1, -0.05) is 19.6 Å². The van der Waals surface area contributed by atoms with Gasteiger partial charge in [-0.15, -0.1) is 5.73 Å². The fourth-order valence-corrected chi connectivity index (χ4v) is 3.72. The first-order chi connectivity index (χ1) is 9.68. The Balaban J connectivity index is 5.29. The predicted octanol–water partition coefficient (Wildman–Crippen LogP) is 2.80. The largest absolute Gasteiger partial charge is 0.443 e. The fourth-order valence-electron chi connectivity index (χ4n) is 1.69. The van der Waals surface area contributed by atoms with Crippen LogP contribution in [0.1, 0.15) is 34.1 Å². The molecule has 0 saturated heterocycles. The second-order valence-electron chi connectivity index (χ2n) is 7.01. The summed E-state index contributed by atoms with van der Waals surface area (Å²) in [5.74, 6) is 0. The van der Waals surface area contributed by atoms with E-state index in [1.54, 1.807) is 26.8 Å². The molecular formula is C14H28N2O4SSi. The summed E-state index contributed by atoms with van der Waals surface area (Å²) in [6.07, 6.45) is 1.24. The van der Waals surface area contributed by atoms with Crippen molar-refractivity contribution in [1.29, 1.82) is 0 Å². The number of ether oxygens (including phenoxy) is 1. The molecule has 0 aliphatic heterocycles. The van der Waals surface area contributed by atoms with Gasteiger partial charge >= 0.3 is 16.3 Å². The first kappa shape index (κ1) is 20.9. The molecule has 128 valence electrons. The van der Waals surface area contributed by atoms with Crippen molar-refractivity contribution in [3.63, 3.8) is 0 Å². The molecule has 1 amide bonds. The normalized spacial score (nSPS) is 12.4. The average Bonchev–Trinajstić information content (AvgIpc) is 2.21. The van der Waals surface area contributed by atoms with Gasteiger partial charge in [-0.25, -0.2) is 9.93 Å². The molecule has 0 spiro atoms. The first-order valence-electron chi connectivity index (χ1n) is 7.12. The molecule has 0 rings (SSSR count). The third-order valence-corrected chi connectivity index (χ3v) is 5.84. The molecule has 0 heterocycles. The van der Waals surface area contributed by atoms with E-state index in [2.05, 4.69) is 25.4 Å². The number of carbonyl (C=O) groups is 1. The SMILES string of the molecule is CC=C=C(CCN(C(=O)OC(C)(C)C)S(N)(=O)=O)[Si](C)(C)C. The molecule has 8 heteroatoms. The van der Waals surface area contributed by atoms with E-state index in [1.807, 2.05) is 6.92 Å². The second-order valence-corrected chi connectivity index (χ2v) is 13.6. The highest BCUT2D eigenvalue weighted by molar-refractivity contribution is 7.87. The topological polar surface area (TPSA) is 89.7 Å². The Morgan fingerprint density at radius 2 is 1.82 bits per heavy atom. The highest BCUT2D eigenvalue weighted by Crippen LogP contribution is 2.19. The van der Waals surface area contributed by atoms with Crippen LogP contribution in [0.3, 0.4) is 0 Å². The average molecular weight is 349 g/mol. The van der Waals surface area contributed by atoms with Crippen molar-refractivity contribution in [2.75, 3.05) is 6.54 Å². The lowest BCUT2D eigenvalue weighted by Gasteiger charge is -2.27. The molecule has 0 aliphatic rings. The van der Waals surface area contributed by atoms with Crippen LogP contribution in [0.4, 0.5) is 4.79 Å². The van der Waals surface area contributed by atoms with E-state index in [9.17, 15) is 13.2 Å². The Morgan fingerprint density at radius 3 is 2.14 bits per heavy atom. The second kappa shape index (κ2) is 7.46. The van der Waals surface area contributed by atoms with Crippen molar-refractivity contribution in [2.24, 2.45) is 5.14 Å². The van der Waals surface area contributed by atoms with Gasteiger partial charge in [0.15, 0.2) is 0 Å². The summed E-state index contributed by atoms with van der Waals surface area (Å²) in [6, 6.07) is 0. The maximum absolute atomic E-state index is 12.0. The maximum Gasteiger partial charge on any atom is 0.425 e. The molecule has 0 atom stereocenters. The summed E-state index contributed by atoms with van der Waals surface area (Å²) < 4.78 is 29.0. The van der Waals surface area contributed by atoms with Crippen molar-refractivity contribution in [2.45, 2.75) is 59.4 Å². The van der Waals surface area contributed by atoms with Gasteiger partial charge in [0, 0.05) is 6.54 Å². The number of rotatable bonds is 5. The van der Waals surface area contributed by atoms with E-state index in [0.717, 1.165) is 5.20 Å². The molecule has 0 unspecified atom stereocenters. The summed E-state index contributed by atoms with van der Waals surface area (Å²) in [5.41, 5.74) is 2.36. The molecule has 0 saturated carbocycles. The van der Waals surface area contributed by atoms with Crippen LogP contribution in [0.25, 0.3) is 0 Å². The van der Waals surface area contributed by atoms with Gasteiger partial charge in [0.05, 0.1) is 8.07 Å². The molecule has 0 bridgehead atoms. The predicted molar refractivity (Wildman–Crippen MR) is 91.3 cm³/mol. The minimum Gasteiger partial charge on any atom is -0.443 e. The van der Waals surface area contributed by atoms with Gasteiger partial charge in [-0.05, 0) is 45.4 Å². The lowest BCUT2D eigenvalue weighted by molar-refractivity contribution is 0.0393. The van der Waals surface area contributed by atoms with E-state index in [-0.39, 0.29) is 6.54 Å². The van der Waals surface area contributed by atoms with Gasteiger partial charge in [0.25, 0.3) is 0 Å². The van der Waals surface area contributed by atoms with Crippen LogP contribution in [-0.2, 0) is 14.9 Å². The van der Waals surface area contributed by atoms with E-state index in [1.165, 1.54) is 0 Å². The zero-order valence-electron chi connectivity index (χ0n) is 14.6. The van der Waals surface area contributed by atoms with E-state index >= 15 is 0 Å². The Kier molecular flexibility index (Phi) is 7.09. The zero-order chi connectivity index (χ0) is 17.8. The Labute approximate surface area is 135 Å². The molecule has 2 N–H and O–H groups in total. The van der Waals surface area contributed by atoms with Crippen LogP contribution in [0.5, 0.6) is 0 Å². The Bertz CT molecular complexity index is 565. The van der Waals surface area contributed by atoms with Gasteiger partial charge in [-0.3, -0.25) is 0 Å². The molecule has 0 aromatic carbocycles.